The van der Waals surface area contributed by atoms with Gasteiger partial charge in [-0.25, -0.2) is 4.39 Å². The molecule has 2 rings (SSSR count). The van der Waals surface area contributed by atoms with Crippen LogP contribution in [0.4, 0.5) is 10.1 Å². The summed E-state index contributed by atoms with van der Waals surface area (Å²) in [5.41, 5.74) is 1.32. The van der Waals surface area contributed by atoms with Crippen molar-refractivity contribution >= 4 is 40.7 Å². The minimum absolute atomic E-state index is 0.0772. The highest BCUT2D eigenvalue weighted by atomic mass is 35.5. The Bertz CT molecular complexity index is 812. The lowest BCUT2D eigenvalue weighted by molar-refractivity contribution is -0.115. The van der Waals surface area contributed by atoms with Crippen molar-refractivity contribution in [2.24, 2.45) is 0 Å². The third kappa shape index (κ3) is 4.94. The first kappa shape index (κ1) is 19.2. The highest BCUT2D eigenvalue weighted by Gasteiger charge is 2.17. The number of nitrogens with one attached hydrogen (secondary N) is 2. The quantitative estimate of drug-likeness (QED) is 0.716. The number of hydrogen-bond donors (Lipinski definition) is 2. The van der Waals surface area contributed by atoms with Crippen LogP contribution >= 0.6 is 23.2 Å². The molecule has 0 radical (unpaired) electrons. The van der Waals surface area contributed by atoms with Crippen molar-refractivity contribution in [3.8, 4) is 0 Å². The normalized spacial score (nSPS) is 11.7. The summed E-state index contributed by atoms with van der Waals surface area (Å²) in [6.45, 7) is 3.43. The first-order valence-corrected chi connectivity index (χ1v) is 8.42. The summed E-state index contributed by atoms with van der Waals surface area (Å²) in [7, 11) is 0. The maximum absolute atomic E-state index is 13.6. The van der Waals surface area contributed by atoms with E-state index in [-0.39, 0.29) is 21.9 Å². The van der Waals surface area contributed by atoms with Crippen LogP contribution in [0.25, 0.3) is 0 Å². The molecule has 2 aromatic carbocycles. The predicted octanol–water partition coefficient (Wildman–Crippen LogP) is 4.97. The molecule has 0 spiro atoms. The van der Waals surface area contributed by atoms with Gasteiger partial charge >= 0.3 is 0 Å². The molecule has 25 heavy (non-hydrogen) atoms. The fourth-order valence-corrected chi connectivity index (χ4v) is 2.76. The van der Waals surface area contributed by atoms with Gasteiger partial charge in [0, 0.05) is 22.7 Å². The highest BCUT2D eigenvalue weighted by Crippen LogP contribution is 2.28. The third-order valence-corrected chi connectivity index (χ3v) is 4.20. The standard InChI is InChI=1S/C18H17Cl2FN2O2/c1-3-17(24)23-12-6-4-5-11(7-12)18(25)22-10(2)13-8-16(21)15(20)9-14(13)19/h4-10H,3H2,1-2H3,(H,22,25)(H,23,24). The van der Waals surface area contributed by atoms with Crippen LogP contribution in [0.2, 0.25) is 10.0 Å². The number of carbonyl (C=O) groups is 2. The second-order valence-electron chi connectivity index (χ2n) is 5.47. The van der Waals surface area contributed by atoms with Crippen LogP contribution < -0.4 is 10.6 Å². The van der Waals surface area contributed by atoms with Gasteiger partial charge in [0.05, 0.1) is 11.1 Å². The van der Waals surface area contributed by atoms with E-state index in [0.29, 0.717) is 23.2 Å². The molecule has 132 valence electrons. The first-order chi connectivity index (χ1) is 11.8. The molecule has 2 aromatic rings. The number of carbonyl (C=O) groups excluding carboxylic acids is 2. The monoisotopic (exact) mass is 382 g/mol. The predicted molar refractivity (Wildman–Crippen MR) is 97.7 cm³/mol. The smallest absolute Gasteiger partial charge is 0.251 e. The van der Waals surface area contributed by atoms with Crippen LogP contribution in [0.1, 0.15) is 42.2 Å². The Kier molecular flexibility index (Phi) is 6.39. The Morgan fingerprint density at radius 3 is 2.56 bits per heavy atom. The van der Waals surface area contributed by atoms with Gasteiger partial charge in [-0.1, -0.05) is 36.2 Å². The number of anilines is 1. The van der Waals surface area contributed by atoms with Gasteiger partial charge in [0.1, 0.15) is 5.82 Å². The molecule has 1 atom stereocenters. The molecule has 2 N–H and O–H groups in total. The topological polar surface area (TPSA) is 58.2 Å². The molecule has 0 heterocycles. The van der Waals surface area contributed by atoms with Gasteiger partial charge in [-0.2, -0.15) is 0 Å². The molecule has 0 aromatic heterocycles. The van der Waals surface area contributed by atoms with Crippen molar-refractivity contribution in [1.82, 2.24) is 5.32 Å². The van der Waals surface area contributed by atoms with Crippen LogP contribution in [0.3, 0.4) is 0 Å². The molecule has 4 nitrogen and oxygen atoms in total. The van der Waals surface area contributed by atoms with Crippen molar-refractivity contribution < 1.29 is 14.0 Å². The number of halogens is 3. The number of rotatable bonds is 5. The summed E-state index contributed by atoms with van der Waals surface area (Å²) in [5, 5.41) is 5.63. The second kappa shape index (κ2) is 8.32. The maximum atomic E-state index is 13.6. The van der Waals surface area contributed by atoms with Crippen molar-refractivity contribution in [1.29, 1.82) is 0 Å². The molecule has 0 saturated carbocycles. The summed E-state index contributed by atoms with van der Waals surface area (Å²) in [4.78, 5) is 23.9. The number of benzene rings is 2. The molecule has 0 saturated heterocycles. The Labute approximate surface area is 155 Å². The van der Waals surface area contributed by atoms with Crippen LogP contribution in [0.5, 0.6) is 0 Å². The average Bonchev–Trinajstić information content (AvgIpc) is 2.58. The fraction of sp³-hybridized carbons (Fsp3) is 0.222. The van der Waals surface area contributed by atoms with Crippen LogP contribution in [0, 0.1) is 5.82 Å². The van der Waals surface area contributed by atoms with Gasteiger partial charge in [0.2, 0.25) is 5.91 Å². The van der Waals surface area contributed by atoms with Crippen LogP contribution in [0.15, 0.2) is 36.4 Å². The minimum Gasteiger partial charge on any atom is -0.345 e. The fourth-order valence-electron chi connectivity index (χ4n) is 2.22. The molecule has 0 aliphatic carbocycles. The summed E-state index contributed by atoms with van der Waals surface area (Å²) < 4.78 is 13.6. The Balaban J connectivity index is 2.15. The Morgan fingerprint density at radius 1 is 1.16 bits per heavy atom. The van der Waals surface area contributed by atoms with Gasteiger partial charge < -0.3 is 10.6 Å². The van der Waals surface area contributed by atoms with E-state index in [9.17, 15) is 14.0 Å². The van der Waals surface area contributed by atoms with Gasteiger partial charge in [-0.3, -0.25) is 9.59 Å². The number of amides is 2. The average molecular weight is 383 g/mol. The molecule has 0 fully saturated rings. The SMILES string of the molecule is CCC(=O)Nc1cccc(C(=O)NC(C)c2cc(F)c(Cl)cc2Cl)c1. The largest absolute Gasteiger partial charge is 0.345 e. The lowest BCUT2D eigenvalue weighted by atomic mass is 10.1. The van der Waals surface area contributed by atoms with E-state index in [1.807, 2.05) is 0 Å². The minimum atomic E-state index is -0.605. The molecule has 1 unspecified atom stereocenters. The zero-order valence-corrected chi connectivity index (χ0v) is 15.2. The third-order valence-electron chi connectivity index (χ3n) is 3.58. The molecule has 0 bridgehead atoms. The van der Waals surface area contributed by atoms with E-state index in [1.165, 1.54) is 12.1 Å². The van der Waals surface area contributed by atoms with E-state index >= 15 is 0 Å². The maximum Gasteiger partial charge on any atom is 0.251 e. The lowest BCUT2D eigenvalue weighted by Crippen LogP contribution is -2.27. The second-order valence-corrected chi connectivity index (χ2v) is 6.28. The molecule has 0 aliphatic heterocycles. The van der Waals surface area contributed by atoms with Crippen molar-refractivity contribution in [2.45, 2.75) is 26.3 Å². The molecule has 7 heteroatoms. The zero-order valence-electron chi connectivity index (χ0n) is 13.7. The first-order valence-electron chi connectivity index (χ1n) is 7.67. The molecule has 0 aliphatic rings. The van der Waals surface area contributed by atoms with Crippen molar-refractivity contribution in [3.05, 3.63) is 63.4 Å². The molecular formula is C18H17Cl2FN2O2. The lowest BCUT2D eigenvalue weighted by Gasteiger charge is -2.17. The van der Waals surface area contributed by atoms with Crippen molar-refractivity contribution in [2.75, 3.05) is 5.32 Å². The van der Waals surface area contributed by atoms with Gasteiger partial charge in [-0.15, -0.1) is 0 Å². The molecular weight excluding hydrogens is 366 g/mol. The van der Waals surface area contributed by atoms with E-state index in [0.717, 1.165) is 0 Å². The summed E-state index contributed by atoms with van der Waals surface area (Å²) in [6, 6.07) is 8.53. The van der Waals surface area contributed by atoms with E-state index in [2.05, 4.69) is 10.6 Å². The number of hydrogen-bond acceptors (Lipinski definition) is 2. The van der Waals surface area contributed by atoms with Crippen LogP contribution in [-0.4, -0.2) is 11.8 Å². The highest BCUT2D eigenvalue weighted by molar-refractivity contribution is 6.35. The van der Waals surface area contributed by atoms with Crippen molar-refractivity contribution in [3.63, 3.8) is 0 Å². The Hall–Kier alpha value is -2.11. The molecule has 2 amide bonds. The summed E-state index contributed by atoms with van der Waals surface area (Å²) >= 11 is 11.8. The summed E-state index contributed by atoms with van der Waals surface area (Å²) in [5.74, 6) is -1.12. The van der Waals surface area contributed by atoms with E-state index in [1.54, 1.807) is 38.1 Å². The van der Waals surface area contributed by atoms with Crippen LogP contribution in [-0.2, 0) is 4.79 Å². The van der Waals surface area contributed by atoms with Gasteiger partial charge in [-0.05, 0) is 42.8 Å². The Morgan fingerprint density at radius 2 is 1.88 bits per heavy atom. The summed E-state index contributed by atoms with van der Waals surface area (Å²) in [6.07, 6.45) is 0.341. The zero-order chi connectivity index (χ0) is 18.6. The van der Waals surface area contributed by atoms with Gasteiger partial charge in [0.15, 0.2) is 0 Å². The van der Waals surface area contributed by atoms with E-state index < -0.39 is 11.9 Å². The van der Waals surface area contributed by atoms with E-state index in [4.69, 9.17) is 23.2 Å². The van der Waals surface area contributed by atoms with Gasteiger partial charge in [0.25, 0.3) is 5.91 Å².